The Morgan fingerprint density at radius 1 is 1.73 bits per heavy atom. The maximum Gasteiger partial charge on any atom is 0.232 e. The van der Waals surface area contributed by atoms with Crippen molar-refractivity contribution in [3.05, 3.63) is 12.2 Å². The Hall–Kier alpha value is -0.440. The highest BCUT2D eigenvalue weighted by Crippen LogP contribution is 1.91. The van der Waals surface area contributed by atoms with Gasteiger partial charge in [0.15, 0.2) is 0 Å². The van der Waals surface area contributed by atoms with Crippen LogP contribution in [0, 0.1) is 0 Å². The Kier molecular flexibility index (Phi) is 6.03. The second kappa shape index (κ2) is 6.28. The average molecular weight is 173 g/mol. The predicted molar refractivity (Wildman–Crippen MR) is 50.9 cm³/mol. The quantitative estimate of drug-likeness (QED) is 0.375. The van der Waals surface area contributed by atoms with Gasteiger partial charge in [0.2, 0.25) is 5.91 Å². The monoisotopic (exact) mass is 173 g/mol. The lowest BCUT2D eigenvalue weighted by molar-refractivity contribution is -0.120. The van der Waals surface area contributed by atoms with Gasteiger partial charge in [-0.2, -0.15) is 12.6 Å². The normalized spacial score (nSPS) is 13.4. The van der Waals surface area contributed by atoms with E-state index in [0.29, 0.717) is 6.54 Å². The molecule has 1 amide bonds. The van der Waals surface area contributed by atoms with Crippen LogP contribution in [0.3, 0.4) is 0 Å². The Balaban J connectivity index is 3.32. The molecule has 0 aliphatic carbocycles. The number of carbonyl (C=O) groups excluding carboxylic acids is 1. The van der Waals surface area contributed by atoms with Gasteiger partial charge < -0.3 is 5.32 Å². The van der Waals surface area contributed by atoms with Crippen LogP contribution in [0.2, 0.25) is 0 Å². The Bertz CT molecular complexity index is 143. The molecule has 3 heteroatoms. The first-order valence-corrected chi connectivity index (χ1v) is 4.27. The van der Waals surface area contributed by atoms with Crippen LogP contribution in [0.5, 0.6) is 0 Å². The summed E-state index contributed by atoms with van der Waals surface area (Å²) in [5.74, 6) is -0.00200. The van der Waals surface area contributed by atoms with Crippen molar-refractivity contribution in [3.8, 4) is 0 Å². The summed E-state index contributed by atoms with van der Waals surface area (Å²) in [5.41, 5.74) is 0. The van der Waals surface area contributed by atoms with Crippen molar-refractivity contribution >= 4 is 18.5 Å². The minimum Gasteiger partial charge on any atom is -0.355 e. The molecule has 11 heavy (non-hydrogen) atoms. The predicted octanol–water partition coefficient (Wildman–Crippen LogP) is 1.39. The Morgan fingerprint density at radius 3 is 2.82 bits per heavy atom. The highest BCUT2D eigenvalue weighted by atomic mass is 32.1. The van der Waals surface area contributed by atoms with Crippen LogP contribution in [0.1, 0.15) is 20.3 Å². The maximum atomic E-state index is 10.9. The molecule has 1 unspecified atom stereocenters. The highest BCUT2D eigenvalue weighted by Gasteiger charge is 2.04. The van der Waals surface area contributed by atoms with Crippen molar-refractivity contribution in [2.75, 3.05) is 6.54 Å². The average Bonchev–Trinajstić information content (AvgIpc) is 1.97. The minimum absolute atomic E-state index is 0.00200. The van der Waals surface area contributed by atoms with Crippen molar-refractivity contribution in [2.45, 2.75) is 25.5 Å². The highest BCUT2D eigenvalue weighted by molar-refractivity contribution is 7.81. The zero-order valence-electron chi connectivity index (χ0n) is 7.00. The van der Waals surface area contributed by atoms with Crippen molar-refractivity contribution in [2.24, 2.45) is 0 Å². The van der Waals surface area contributed by atoms with Gasteiger partial charge in [0.1, 0.15) is 0 Å². The van der Waals surface area contributed by atoms with Crippen LogP contribution < -0.4 is 5.32 Å². The van der Waals surface area contributed by atoms with Gasteiger partial charge in [-0.05, 0) is 20.3 Å². The second-order valence-corrected chi connectivity index (χ2v) is 3.10. The van der Waals surface area contributed by atoms with Crippen molar-refractivity contribution in [1.82, 2.24) is 5.32 Å². The third kappa shape index (κ3) is 5.98. The summed E-state index contributed by atoms with van der Waals surface area (Å²) in [6.45, 7) is 4.42. The van der Waals surface area contributed by atoms with Gasteiger partial charge in [-0.1, -0.05) is 12.2 Å². The topological polar surface area (TPSA) is 29.1 Å². The van der Waals surface area contributed by atoms with Gasteiger partial charge in [0.05, 0.1) is 5.25 Å². The van der Waals surface area contributed by atoms with E-state index in [4.69, 9.17) is 0 Å². The number of allylic oxidation sites excluding steroid dienone is 1. The molecule has 0 saturated heterocycles. The van der Waals surface area contributed by atoms with Gasteiger partial charge in [-0.15, -0.1) is 0 Å². The number of carbonyl (C=O) groups is 1. The van der Waals surface area contributed by atoms with Gasteiger partial charge in [0.25, 0.3) is 0 Å². The molecule has 64 valence electrons. The van der Waals surface area contributed by atoms with E-state index in [1.54, 1.807) is 6.92 Å². The third-order valence-corrected chi connectivity index (χ3v) is 1.46. The summed E-state index contributed by atoms with van der Waals surface area (Å²) in [5, 5.41) is 2.54. The molecule has 1 N–H and O–H groups in total. The molecule has 0 spiro atoms. The van der Waals surface area contributed by atoms with Gasteiger partial charge in [0, 0.05) is 6.54 Å². The van der Waals surface area contributed by atoms with E-state index in [1.165, 1.54) is 0 Å². The molecule has 0 fully saturated rings. The summed E-state index contributed by atoms with van der Waals surface area (Å²) in [7, 11) is 0. The molecule has 0 aromatic rings. The molecule has 0 aliphatic heterocycles. The molecule has 0 heterocycles. The fourth-order valence-corrected chi connectivity index (χ4v) is 0.684. The summed E-state index contributed by atoms with van der Waals surface area (Å²) >= 11 is 3.99. The zero-order valence-corrected chi connectivity index (χ0v) is 7.90. The van der Waals surface area contributed by atoms with Gasteiger partial charge in [-0.25, -0.2) is 0 Å². The summed E-state index contributed by atoms with van der Waals surface area (Å²) in [6, 6.07) is 0. The van der Waals surface area contributed by atoms with E-state index in [9.17, 15) is 4.79 Å². The molecule has 0 saturated carbocycles. The van der Waals surface area contributed by atoms with Crippen LogP contribution >= 0.6 is 12.6 Å². The van der Waals surface area contributed by atoms with Gasteiger partial charge in [-0.3, -0.25) is 4.79 Å². The number of thiol groups is 1. The SMILES string of the molecule is C/C=C/CCNC(=O)C(C)S. The van der Waals surface area contributed by atoms with E-state index in [1.807, 2.05) is 19.1 Å². The Morgan fingerprint density at radius 2 is 2.36 bits per heavy atom. The van der Waals surface area contributed by atoms with E-state index >= 15 is 0 Å². The number of nitrogens with one attached hydrogen (secondary N) is 1. The molecule has 0 aromatic carbocycles. The van der Waals surface area contributed by atoms with E-state index < -0.39 is 0 Å². The molecule has 0 radical (unpaired) electrons. The van der Waals surface area contributed by atoms with Crippen LogP contribution in [-0.4, -0.2) is 17.7 Å². The summed E-state index contributed by atoms with van der Waals surface area (Å²) in [4.78, 5) is 10.9. The molecule has 0 bridgehead atoms. The van der Waals surface area contributed by atoms with Crippen LogP contribution in [0.15, 0.2) is 12.2 Å². The molecule has 2 nitrogen and oxygen atoms in total. The molecular formula is C8H15NOS. The summed E-state index contributed by atoms with van der Waals surface area (Å²) in [6.07, 6.45) is 4.88. The lowest BCUT2D eigenvalue weighted by Crippen LogP contribution is -2.30. The van der Waals surface area contributed by atoms with Crippen molar-refractivity contribution in [1.29, 1.82) is 0 Å². The van der Waals surface area contributed by atoms with Crippen molar-refractivity contribution in [3.63, 3.8) is 0 Å². The molecule has 1 atom stereocenters. The van der Waals surface area contributed by atoms with Crippen molar-refractivity contribution < 1.29 is 4.79 Å². The zero-order chi connectivity index (χ0) is 8.69. The first kappa shape index (κ1) is 10.6. The standard InChI is InChI=1S/C8H15NOS/c1-3-4-5-6-9-8(10)7(2)11/h3-4,7,11H,5-6H2,1-2H3,(H,9,10)/b4-3+. The lowest BCUT2D eigenvalue weighted by atomic mass is 10.3. The maximum absolute atomic E-state index is 10.9. The van der Waals surface area contributed by atoms with E-state index in [0.717, 1.165) is 6.42 Å². The first-order chi connectivity index (χ1) is 5.18. The Labute approximate surface area is 73.5 Å². The molecular weight excluding hydrogens is 158 g/mol. The number of hydrogen-bond donors (Lipinski definition) is 2. The molecule has 0 aromatic heterocycles. The molecule has 0 aliphatic rings. The first-order valence-electron chi connectivity index (χ1n) is 3.75. The van der Waals surface area contributed by atoms with E-state index in [-0.39, 0.29) is 11.2 Å². The summed E-state index contributed by atoms with van der Waals surface area (Å²) < 4.78 is 0. The fraction of sp³-hybridized carbons (Fsp3) is 0.625. The van der Waals surface area contributed by atoms with Crippen LogP contribution in [-0.2, 0) is 4.79 Å². The molecule has 0 rings (SSSR count). The number of amides is 1. The lowest BCUT2D eigenvalue weighted by Gasteiger charge is -2.04. The fourth-order valence-electron chi connectivity index (χ4n) is 0.593. The third-order valence-electron chi connectivity index (χ3n) is 1.23. The van der Waals surface area contributed by atoms with Gasteiger partial charge >= 0.3 is 0 Å². The number of hydrogen-bond acceptors (Lipinski definition) is 2. The number of rotatable bonds is 4. The second-order valence-electron chi connectivity index (χ2n) is 2.32. The largest absolute Gasteiger partial charge is 0.355 e. The van der Waals surface area contributed by atoms with Crippen LogP contribution in [0.4, 0.5) is 0 Å². The van der Waals surface area contributed by atoms with Crippen LogP contribution in [0.25, 0.3) is 0 Å². The minimum atomic E-state index is -0.208. The smallest absolute Gasteiger partial charge is 0.232 e. The van der Waals surface area contributed by atoms with E-state index in [2.05, 4.69) is 17.9 Å².